The van der Waals surface area contributed by atoms with Crippen molar-refractivity contribution in [1.29, 1.82) is 0 Å². The van der Waals surface area contributed by atoms with Crippen LogP contribution < -0.4 is 0 Å². The molecule has 4 atom stereocenters. The second-order valence-corrected chi connectivity index (χ2v) is 9.51. The summed E-state index contributed by atoms with van der Waals surface area (Å²) in [5.41, 5.74) is 2.01. The second kappa shape index (κ2) is 16.2. The number of aliphatic carboxylic acids is 3. The predicted molar refractivity (Wildman–Crippen MR) is 132 cm³/mol. The van der Waals surface area contributed by atoms with Crippen LogP contribution in [0.3, 0.4) is 0 Å². The summed E-state index contributed by atoms with van der Waals surface area (Å²) in [6, 6.07) is 0. The number of carboxylic acid groups (broad SMARTS) is 3. The third kappa shape index (κ3) is 14.5. The van der Waals surface area contributed by atoms with Crippen LogP contribution in [0.2, 0.25) is 0 Å². The van der Waals surface area contributed by atoms with Crippen LogP contribution in [0.25, 0.3) is 0 Å². The van der Waals surface area contributed by atoms with Crippen molar-refractivity contribution < 1.29 is 44.7 Å². The molecule has 0 aliphatic heterocycles. The first kappa shape index (κ1) is 32.5. The molecule has 0 aliphatic rings. The van der Waals surface area contributed by atoms with Gasteiger partial charge in [0.2, 0.25) is 0 Å². The van der Waals surface area contributed by atoms with E-state index in [0.717, 1.165) is 11.1 Å². The first-order valence-corrected chi connectivity index (χ1v) is 11.8. The Morgan fingerprint density at radius 2 is 1.49 bits per heavy atom. The van der Waals surface area contributed by atoms with Gasteiger partial charge in [0.05, 0.1) is 24.7 Å². The molecule has 0 heterocycles. The Morgan fingerprint density at radius 1 is 0.886 bits per heavy atom. The number of allylic oxidation sites excluding steroid dienone is 5. The zero-order valence-corrected chi connectivity index (χ0v) is 21.5. The topological polar surface area (TPSA) is 162 Å². The average Bonchev–Trinajstić information content (AvgIpc) is 2.72. The van der Waals surface area contributed by atoms with Crippen LogP contribution >= 0.6 is 0 Å². The molecule has 5 N–H and O–H groups in total. The minimum Gasteiger partial charge on any atom is -0.481 e. The van der Waals surface area contributed by atoms with E-state index in [4.69, 9.17) is 14.9 Å². The van der Waals surface area contributed by atoms with Gasteiger partial charge in [-0.25, -0.2) is 4.79 Å². The van der Waals surface area contributed by atoms with Gasteiger partial charge in [-0.15, -0.1) is 0 Å². The van der Waals surface area contributed by atoms with Crippen LogP contribution in [0.1, 0.15) is 79.6 Å². The lowest BCUT2D eigenvalue weighted by molar-refractivity contribution is -0.165. The van der Waals surface area contributed by atoms with E-state index in [2.05, 4.69) is 0 Å². The third-order valence-corrected chi connectivity index (χ3v) is 5.79. The summed E-state index contributed by atoms with van der Waals surface area (Å²) in [6.45, 7) is 9.28. The van der Waals surface area contributed by atoms with Crippen LogP contribution in [0, 0.1) is 5.92 Å². The molecule has 0 amide bonds. The Labute approximate surface area is 207 Å². The van der Waals surface area contributed by atoms with Crippen LogP contribution in [-0.4, -0.2) is 67.9 Å². The minimum absolute atomic E-state index is 0.150. The van der Waals surface area contributed by atoms with Crippen molar-refractivity contribution in [3.05, 3.63) is 34.9 Å². The fraction of sp³-hybridized carbons (Fsp3) is 0.654. The number of hydrogen-bond donors (Lipinski definition) is 5. The monoisotopic (exact) mass is 498 g/mol. The second-order valence-electron chi connectivity index (χ2n) is 9.51. The lowest BCUT2D eigenvalue weighted by atomic mass is 9.89. The number of carboxylic acids is 3. The van der Waals surface area contributed by atoms with Crippen molar-refractivity contribution in [3.63, 3.8) is 0 Å². The number of ether oxygens (including phenoxy) is 1. The van der Waals surface area contributed by atoms with Crippen LogP contribution in [0.5, 0.6) is 0 Å². The standard InChI is InChI=1S/C26H42O9/c1-17(2)8-7-14-26(5,34)21(27)12-11-18(3)9-6-10-19(4)13-15-35-23(25(32)33)20(24(30)31)16-22(28)29/h8-9,13,20-21,23,27,34H,6-7,10-12,14-16H2,1-5H3,(H,28,29)(H,30,31)(H,32,33)/b18-9+,19-13+/t20-,21-,23+,26+/m0/s1. The number of carbonyl (C=O) groups is 3. The first-order chi connectivity index (χ1) is 16.2. The lowest BCUT2D eigenvalue weighted by Gasteiger charge is -2.29. The van der Waals surface area contributed by atoms with Crippen molar-refractivity contribution in [2.24, 2.45) is 5.92 Å². The van der Waals surface area contributed by atoms with Crippen molar-refractivity contribution in [1.82, 2.24) is 0 Å². The number of aliphatic hydroxyl groups is 2. The molecular formula is C26H42O9. The van der Waals surface area contributed by atoms with Gasteiger partial charge in [0.25, 0.3) is 0 Å². The molecule has 0 saturated carbocycles. The number of rotatable bonds is 18. The highest BCUT2D eigenvalue weighted by atomic mass is 16.5. The highest BCUT2D eigenvalue weighted by molar-refractivity contribution is 5.85. The highest BCUT2D eigenvalue weighted by Gasteiger charge is 2.36. The lowest BCUT2D eigenvalue weighted by Crippen LogP contribution is -2.39. The molecule has 200 valence electrons. The minimum atomic E-state index is -1.76. The van der Waals surface area contributed by atoms with Crippen molar-refractivity contribution >= 4 is 17.9 Å². The fourth-order valence-electron chi connectivity index (χ4n) is 3.41. The van der Waals surface area contributed by atoms with Crippen LogP contribution in [0.4, 0.5) is 0 Å². The number of hydrogen-bond acceptors (Lipinski definition) is 6. The van der Waals surface area contributed by atoms with E-state index in [1.165, 1.54) is 5.57 Å². The molecule has 0 radical (unpaired) electrons. The maximum absolute atomic E-state index is 11.4. The zero-order valence-electron chi connectivity index (χ0n) is 21.5. The molecule has 9 heteroatoms. The molecule has 0 aromatic rings. The smallest absolute Gasteiger partial charge is 0.333 e. The largest absolute Gasteiger partial charge is 0.481 e. The predicted octanol–water partition coefficient (Wildman–Crippen LogP) is 3.94. The van der Waals surface area contributed by atoms with Gasteiger partial charge in [-0.2, -0.15) is 0 Å². The summed E-state index contributed by atoms with van der Waals surface area (Å²) in [6.07, 6.45) is 5.95. The SMILES string of the molecule is CC(C)=CCC[C@@](C)(O)[C@@H](O)CC/C(C)=C/CC/C(C)=C/CO[C@@H](C(=O)O)[C@H](CC(=O)O)C(=O)O. The summed E-state index contributed by atoms with van der Waals surface area (Å²) < 4.78 is 5.17. The molecular weight excluding hydrogens is 456 g/mol. The van der Waals surface area contributed by atoms with E-state index in [1.807, 2.05) is 39.8 Å². The van der Waals surface area contributed by atoms with Crippen molar-refractivity contribution in [2.45, 2.75) is 97.4 Å². The Morgan fingerprint density at radius 3 is 2.00 bits per heavy atom. The van der Waals surface area contributed by atoms with Gasteiger partial charge < -0.3 is 30.3 Å². The summed E-state index contributed by atoms with van der Waals surface area (Å²) in [7, 11) is 0. The van der Waals surface area contributed by atoms with Crippen LogP contribution in [0.15, 0.2) is 34.9 Å². The molecule has 0 spiro atoms. The van der Waals surface area contributed by atoms with Gasteiger partial charge in [-0.1, -0.05) is 34.9 Å². The zero-order chi connectivity index (χ0) is 27.2. The summed E-state index contributed by atoms with van der Waals surface area (Å²) >= 11 is 0. The molecule has 35 heavy (non-hydrogen) atoms. The number of aliphatic hydroxyl groups excluding tert-OH is 1. The van der Waals surface area contributed by atoms with Crippen molar-refractivity contribution in [3.8, 4) is 0 Å². The van der Waals surface area contributed by atoms with Gasteiger partial charge in [-0.05, 0) is 73.1 Å². The van der Waals surface area contributed by atoms with Gasteiger partial charge in [0.15, 0.2) is 6.10 Å². The van der Waals surface area contributed by atoms with Crippen molar-refractivity contribution in [2.75, 3.05) is 6.61 Å². The maximum atomic E-state index is 11.4. The molecule has 0 saturated heterocycles. The van der Waals surface area contributed by atoms with Crippen LogP contribution in [-0.2, 0) is 19.1 Å². The molecule has 0 aliphatic carbocycles. The molecule has 0 rings (SSSR count). The Bertz CT molecular complexity index is 789. The quantitative estimate of drug-likeness (QED) is 0.176. The molecule has 9 nitrogen and oxygen atoms in total. The first-order valence-electron chi connectivity index (χ1n) is 11.8. The third-order valence-electron chi connectivity index (χ3n) is 5.79. The fourth-order valence-corrected chi connectivity index (χ4v) is 3.41. The van der Waals surface area contributed by atoms with E-state index in [-0.39, 0.29) is 6.61 Å². The molecule has 0 bridgehead atoms. The Hall–Kier alpha value is -2.49. The molecule has 0 aromatic carbocycles. The summed E-state index contributed by atoms with van der Waals surface area (Å²) in [4.78, 5) is 33.4. The van der Waals surface area contributed by atoms with E-state index in [0.29, 0.717) is 38.5 Å². The van der Waals surface area contributed by atoms with Gasteiger partial charge in [0, 0.05) is 0 Å². The Kier molecular flexibility index (Phi) is 15.1. The average molecular weight is 499 g/mol. The normalized spacial score (nSPS) is 16.7. The van der Waals surface area contributed by atoms with E-state index < -0.39 is 48.1 Å². The molecule has 0 fully saturated rings. The summed E-state index contributed by atoms with van der Waals surface area (Å²) in [5, 5.41) is 48.1. The Balaban J connectivity index is 4.64. The van der Waals surface area contributed by atoms with E-state index >= 15 is 0 Å². The molecule has 0 aromatic heterocycles. The molecule has 0 unspecified atom stereocenters. The highest BCUT2D eigenvalue weighted by Crippen LogP contribution is 2.23. The maximum Gasteiger partial charge on any atom is 0.333 e. The van der Waals surface area contributed by atoms with Gasteiger partial charge in [0.1, 0.15) is 5.92 Å². The summed E-state index contributed by atoms with van der Waals surface area (Å²) in [5.74, 6) is -6.17. The van der Waals surface area contributed by atoms with E-state index in [1.54, 1.807) is 13.0 Å². The van der Waals surface area contributed by atoms with Gasteiger partial charge >= 0.3 is 17.9 Å². The van der Waals surface area contributed by atoms with E-state index in [9.17, 15) is 29.7 Å². The van der Waals surface area contributed by atoms with Gasteiger partial charge in [-0.3, -0.25) is 9.59 Å².